The maximum absolute atomic E-state index is 12.7. The first-order valence-corrected chi connectivity index (χ1v) is 28.5. The van der Waals surface area contributed by atoms with Crippen molar-refractivity contribution in [3.05, 3.63) is 0 Å². The fraction of sp³-hybridized carbons (Fsp3) is 0.947. The summed E-state index contributed by atoms with van der Waals surface area (Å²) in [6, 6.07) is 0. The molecule has 0 saturated heterocycles. The molecule has 0 N–H and O–H groups in total. The molecular formula is C57H110O6. The van der Waals surface area contributed by atoms with Gasteiger partial charge in [0.15, 0.2) is 6.10 Å². The van der Waals surface area contributed by atoms with Crippen LogP contribution in [0.15, 0.2) is 0 Å². The molecule has 63 heavy (non-hydrogen) atoms. The van der Waals surface area contributed by atoms with Gasteiger partial charge in [-0.3, -0.25) is 14.4 Å². The van der Waals surface area contributed by atoms with Crippen LogP contribution in [0, 0.1) is 0 Å². The van der Waals surface area contributed by atoms with Gasteiger partial charge < -0.3 is 14.2 Å². The lowest BCUT2D eigenvalue weighted by atomic mass is 10.0. The summed E-state index contributed by atoms with van der Waals surface area (Å²) < 4.78 is 16.7. The Hall–Kier alpha value is -1.59. The van der Waals surface area contributed by atoms with Crippen LogP contribution in [-0.4, -0.2) is 37.2 Å². The van der Waals surface area contributed by atoms with Crippen LogP contribution in [0.25, 0.3) is 0 Å². The van der Waals surface area contributed by atoms with Gasteiger partial charge in [-0.2, -0.15) is 0 Å². The highest BCUT2D eigenvalue weighted by atomic mass is 16.6. The molecule has 0 aliphatic rings. The van der Waals surface area contributed by atoms with Crippen LogP contribution in [0.3, 0.4) is 0 Å². The summed E-state index contributed by atoms with van der Waals surface area (Å²) in [7, 11) is 0. The van der Waals surface area contributed by atoms with Crippen molar-refractivity contribution >= 4 is 17.9 Å². The molecule has 1 atom stereocenters. The predicted octanol–water partition coefficient (Wildman–Crippen LogP) is 18.8. The van der Waals surface area contributed by atoms with Gasteiger partial charge in [-0.05, 0) is 19.3 Å². The molecule has 0 saturated carbocycles. The van der Waals surface area contributed by atoms with Gasteiger partial charge in [-0.15, -0.1) is 0 Å². The van der Waals surface area contributed by atoms with Crippen LogP contribution < -0.4 is 0 Å². The fourth-order valence-electron chi connectivity index (χ4n) is 8.80. The Kier molecular flexibility index (Phi) is 51.7. The molecule has 0 aliphatic heterocycles. The predicted molar refractivity (Wildman–Crippen MR) is 270 cm³/mol. The lowest BCUT2D eigenvalue weighted by Crippen LogP contribution is -2.30. The summed E-state index contributed by atoms with van der Waals surface area (Å²) in [5.74, 6) is -0.851. The number of rotatable bonds is 53. The third-order valence-electron chi connectivity index (χ3n) is 13.1. The van der Waals surface area contributed by atoms with Crippen molar-refractivity contribution in [1.82, 2.24) is 0 Å². The molecule has 6 heteroatoms. The topological polar surface area (TPSA) is 78.9 Å². The Balaban J connectivity index is 3.92. The Morgan fingerprint density at radius 2 is 0.429 bits per heavy atom. The second-order valence-electron chi connectivity index (χ2n) is 19.6. The van der Waals surface area contributed by atoms with Crippen molar-refractivity contribution in [3.8, 4) is 0 Å². The first-order valence-electron chi connectivity index (χ1n) is 28.5. The molecule has 0 fully saturated rings. The van der Waals surface area contributed by atoms with Crippen LogP contribution in [0.1, 0.15) is 329 Å². The molecule has 0 aromatic heterocycles. The normalized spacial score (nSPS) is 11.9. The van der Waals surface area contributed by atoms with Gasteiger partial charge in [0.25, 0.3) is 0 Å². The number of esters is 3. The lowest BCUT2D eigenvalue weighted by molar-refractivity contribution is -0.167. The number of carbonyl (C=O) groups is 3. The maximum Gasteiger partial charge on any atom is 0.306 e. The van der Waals surface area contributed by atoms with Crippen molar-refractivity contribution in [2.45, 2.75) is 335 Å². The number of unbranched alkanes of at least 4 members (excludes halogenated alkanes) is 42. The van der Waals surface area contributed by atoms with Crippen LogP contribution in [0.4, 0.5) is 0 Å². The highest BCUT2D eigenvalue weighted by Crippen LogP contribution is 2.18. The molecule has 0 bridgehead atoms. The first kappa shape index (κ1) is 61.4. The monoisotopic (exact) mass is 891 g/mol. The molecule has 0 heterocycles. The van der Waals surface area contributed by atoms with Gasteiger partial charge in [0.05, 0.1) is 0 Å². The van der Waals surface area contributed by atoms with Gasteiger partial charge in [-0.25, -0.2) is 0 Å². The molecule has 0 aliphatic carbocycles. The van der Waals surface area contributed by atoms with Crippen LogP contribution in [-0.2, 0) is 28.6 Å². The summed E-state index contributed by atoms with van der Waals surface area (Å²) in [6.45, 7) is 6.63. The minimum absolute atomic E-state index is 0.0626. The third kappa shape index (κ3) is 51.3. The summed E-state index contributed by atoms with van der Waals surface area (Å²) in [5, 5.41) is 0. The Morgan fingerprint density at radius 1 is 0.254 bits per heavy atom. The molecule has 0 aromatic carbocycles. The Bertz CT molecular complexity index is 936. The highest BCUT2D eigenvalue weighted by molar-refractivity contribution is 5.71. The second-order valence-corrected chi connectivity index (χ2v) is 19.6. The van der Waals surface area contributed by atoms with E-state index in [9.17, 15) is 14.4 Å². The zero-order valence-electron chi connectivity index (χ0n) is 42.9. The summed E-state index contributed by atoms with van der Waals surface area (Å²) in [6.07, 6.45) is 58.6. The van der Waals surface area contributed by atoms with Gasteiger partial charge in [0.1, 0.15) is 13.2 Å². The number of hydrogen-bond acceptors (Lipinski definition) is 6. The fourth-order valence-corrected chi connectivity index (χ4v) is 8.80. The number of hydrogen-bond donors (Lipinski definition) is 0. The van der Waals surface area contributed by atoms with Gasteiger partial charge >= 0.3 is 17.9 Å². The Morgan fingerprint density at radius 3 is 0.635 bits per heavy atom. The average molecular weight is 892 g/mol. The summed E-state index contributed by atoms with van der Waals surface area (Å²) in [4.78, 5) is 37.7. The molecule has 0 spiro atoms. The Labute approximate surface area is 393 Å². The van der Waals surface area contributed by atoms with E-state index in [-0.39, 0.29) is 31.1 Å². The highest BCUT2D eigenvalue weighted by Gasteiger charge is 2.19. The van der Waals surface area contributed by atoms with E-state index in [0.717, 1.165) is 57.8 Å². The quantitative estimate of drug-likeness (QED) is 0.0344. The molecule has 0 aromatic rings. The van der Waals surface area contributed by atoms with Crippen LogP contribution >= 0.6 is 0 Å². The average Bonchev–Trinajstić information content (AvgIpc) is 3.28. The molecule has 0 rings (SSSR count). The maximum atomic E-state index is 12.7. The SMILES string of the molecule is CCCCCCCCCCCCCCCCCCCCCCCCCCCCCCC(=O)OCC(COC(=O)CCCCCCCCC)OC(=O)CCCCCCCCCCCC. The van der Waals surface area contributed by atoms with Gasteiger partial charge in [0.2, 0.25) is 0 Å². The first-order chi connectivity index (χ1) is 31.0. The van der Waals surface area contributed by atoms with E-state index >= 15 is 0 Å². The van der Waals surface area contributed by atoms with Gasteiger partial charge in [-0.1, -0.05) is 290 Å². The second kappa shape index (κ2) is 53.0. The van der Waals surface area contributed by atoms with Crippen LogP contribution in [0.2, 0.25) is 0 Å². The molecule has 6 nitrogen and oxygen atoms in total. The van der Waals surface area contributed by atoms with E-state index < -0.39 is 6.10 Å². The molecule has 0 amide bonds. The van der Waals surface area contributed by atoms with E-state index in [1.54, 1.807) is 0 Å². The smallest absolute Gasteiger partial charge is 0.306 e. The minimum atomic E-state index is -0.758. The van der Waals surface area contributed by atoms with Crippen LogP contribution in [0.5, 0.6) is 0 Å². The number of ether oxygens (including phenoxy) is 3. The molecule has 0 radical (unpaired) electrons. The zero-order valence-corrected chi connectivity index (χ0v) is 42.9. The van der Waals surface area contributed by atoms with E-state index in [1.165, 1.54) is 231 Å². The zero-order chi connectivity index (χ0) is 45.8. The lowest BCUT2D eigenvalue weighted by Gasteiger charge is -2.18. The van der Waals surface area contributed by atoms with Crippen molar-refractivity contribution in [1.29, 1.82) is 0 Å². The largest absolute Gasteiger partial charge is 0.462 e. The van der Waals surface area contributed by atoms with E-state index in [1.807, 2.05) is 0 Å². The van der Waals surface area contributed by atoms with Crippen molar-refractivity contribution in [2.24, 2.45) is 0 Å². The molecule has 374 valence electrons. The standard InChI is InChI=1S/C57H110O6/c1-4-7-10-13-16-18-20-21-22-23-24-25-26-27-28-29-30-31-32-33-34-35-36-37-39-41-44-47-50-56(59)62-53-54(52-61-55(58)49-46-43-40-15-12-9-6-3)63-57(60)51-48-45-42-38-19-17-14-11-8-5-2/h54H,4-53H2,1-3H3. The minimum Gasteiger partial charge on any atom is -0.462 e. The van der Waals surface area contributed by atoms with Crippen molar-refractivity contribution in [2.75, 3.05) is 13.2 Å². The van der Waals surface area contributed by atoms with Gasteiger partial charge in [0, 0.05) is 19.3 Å². The summed E-state index contributed by atoms with van der Waals surface area (Å²) >= 11 is 0. The van der Waals surface area contributed by atoms with E-state index in [4.69, 9.17) is 14.2 Å². The molecule has 1 unspecified atom stereocenters. The van der Waals surface area contributed by atoms with E-state index in [2.05, 4.69) is 20.8 Å². The van der Waals surface area contributed by atoms with E-state index in [0.29, 0.717) is 19.3 Å². The van der Waals surface area contributed by atoms with Crippen molar-refractivity contribution < 1.29 is 28.6 Å². The van der Waals surface area contributed by atoms with Crippen molar-refractivity contribution in [3.63, 3.8) is 0 Å². The number of carbonyl (C=O) groups excluding carboxylic acids is 3. The molecular weight excluding hydrogens is 781 g/mol. The summed E-state index contributed by atoms with van der Waals surface area (Å²) in [5.41, 5.74) is 0. The third-order valence-corrected chi connectivity index (χ3v) is 13.1.